The quantitative estimate of drug-likeness (QED) is 0.288. The number of aromatic amines is 1. The van der Waals surface area contributed by atoms with Gasteiger partial charge in [0.2, 0.25) is 5.95 Å². The van der Waals surface area contributed by atoms with Crippen molar-refractivity contribution in [2.75, 3.05) is 55.6 Å². The van der Waals surface area contributed by atoms with Gasteiger partial charge in [-0.2, -0.15) is 0 Å². The number of aryl methyl sites for hydroxylation is 1. The normalized spacial score (nSPS) is 19.2. The minimum absolute atomic E-state index is 0.00604. The number of para-hydroxylation sites is 1. The first-order valence-electron chi connectivity index (χ1n) is 15.9. The average molecular weight is 594 g/mol. The molecule has 7 rings (SSSR count). The monoisotopic (exact) mass is 593 g/mol. The number of likely N-dealkylation sites (tertiary alicyclic amines) is 1. The number of aromatic nitrogens is 5. The van der Waals surface area contributed by atoms with Crippen LogP contribution >= 0.6 is 0 Å². The van der Waals surface area contributed by atoms with Crippen LogP contribution in [0.15, 0.2) is 55.0 Å². The molecule has 230 valence electrons. The molecule has 1 saturated carbocycles. The number of aromatic hydroxyl groups is 1. The van der Waals surface area contributed by atoms with Crippen molar-refractivity contribution in [3.8, 4) is 17.0 Å². The van der Waals surface area contributed by atoms with Gasteiger partial charge in [-0.1, -0.05) is 18.7 Å². The first-order chi connectivity index (χ1) is 21.2. The molecule has 4 aromatic rings. The van der Waals surface area contributed by atoms with E-state index in [1.54, 1.807) is 12.1 Å². The van der Waals surface area contributed by atoms with E-state index in [4.69, 9.17) is 9.97 Å². The fraction of sp³-hybridized carbons (Fsp3) is 0.471. The van der Waals surface area contributed by atoms with Crippen molar-refractivity contribution >= 4 is 22.7 Å². The predicted octanol–water partition coefficient (Wildman–Crippen LogP) is 5.14. The molecule has 5 heterocycles. The summed E-state index contributed by atoms with van der Waals surface area (Å²) in [5.41, 5.74) is 7.05. The van der Waals surface area contributed by atoms with Gasteiger partial charge in [0.1, 0.15) is 5.75 Å². The Balaban J connectivity index is 1.02. The third kappa shape index (κ3) is 4.95. The number of phenolic OH excluding ortho intramolecular Hbond substituents is 1. The molecule has 1 aromatic carbocycles. The van der Waals surface area contributed by atoms with E-state index in [-0.39, 0.29) is 11.8 Å². The van der Waals surface area contributed by atoms with Crippen molar-refractivity contribution in [2.24, 2.45) is 5.41 Å². The Bertz CT molecular complexity index is 1660. The zero-order valence-electron chi connectivity index (χ0n) is 26.3. The molecule has 10 heteroatoms. The van der Waals surface area contributed by atoms with Gasteiger partial charge >= 0.3 is 0 Å². The fourth-order valence-electron chi connectivity index (χ4n) is 7.70. The average Bonchev–Trinajstić information content (AvgIpc) is 3.31. The summed E-state index contributed by atoms with van der Waals surface area (Å²) in [5, 5.41) is 20.2. The Kier molecular flexibility index (Phi) is 7.19. The number of phenols is 1. The van der Waals surface area contributed by atoms with Crippen LogP contribution in [0.2, 0.25) is 0 Å². The molecule has 44 heavy (non-hydrogen) atoms. The lowest BCUT2D eigenvalue weighted by molar-refractivity contribution is -0.0952. The highest BCUT2D eigenvalue weighted by molar-refractivity contribution is 5.86. The Hall–Kier alpha value is -4.18. The van der Waals surface area contributed by atoms with Crippen molar-refractivity contribution in [1.29, 1.82) is 0 Å². The van der Waals surface area contributed by atoms with Gasteiger partial charge in [-0.05, 0) is 58.7 Å². The second-order valence-electron chi connectivity index (χ2n) is 13.1. The molecule has 3 fully saturated rings. The van der Waals surface area contributed by atoms with E-state index in [9.17, 15) is 5.11 Å². The molecule has 10 nitrogen and oxygen atoms in total. The fourth-order valence-corrected chi connectivity index (χ4v) is 7.70. The number of hydrogen-bond donors (Lipinski definition) is 2. The SMILES string of the molecule is C=C(C)N1CC2(CC(N3CCN(c4cnc(N(CC)C(C)c5c(C)[nH]c6nnc(-c7ccccc7O)cc56)nc4)CC3)C2)C1. The number of nitrogens with zero attached hydrogens (tertiary/aromatic N) is 8. The van der Waals surface area contributed by atoms with E-state index in [1.165, 1.54) is 31.6 Å². The van der Waals surface area contributed by atoms with Crippen LogP contribution in [0.4, 0.5) is 11.6 Å². The lowest BCUT2D eigenvalue weighted by atomic mass is 9.60. The van der Waals surface area contributed by atoms with Gasteiger partial charge in [0.25, 0.3) is 0 Å². The molecular formula is C34H43N9O. The van der Waals surface area contributed by atoms with Crippen LogP contribution < -0.4 is 9.80 Å². The first kappa shape index (κ1) is 28.6. The summed E-state index contributed by atoms with van der Waals surface area (Å²) in [7, 11) is 0. The number of H-pyrrole nitrogens is 1. The Morgan fingerprint density at radius 3 is 2.48 bits per heavy atom. The van der Waals surface area contributed by atoms with E-state index < -0.39 is 0 Å². The van der Waals surface area contributed by atoms with Crippen molar-refractivity contribution in [2.45, 2.75) is 52.6 Å². The Morgan fingerprint density at radius 1 is 1.11 bits per heavy atom. The van der Waals surface area contributed by atoms with Crippen molar-refractivity contribution in [3.63, 3.8) is 0 Å². The number of rotatable bonds is 8. The van der Waals surface area contributed by atoms with Gasteiger partial charge in [-0.15, -0.1) is 10.2 Å². The molecule has 0 radical (unpaired) electrons. The van der Waals surface area contributed by atoms with Gasteiger partial charge in [0.05, 0.1) is 29.8 Å². The molecule has 3 aliphatic rings. The molecule has 0 amide bonds. The number of piperazine rings is 1. The van der Waals surface area contributed by atoms with Gasteiger partial charge in [0.15, 0.2) is 5.65 Å². The molecule has 1 unspecified atom stereocenters. The van der Waals surface area contributed by atoms with Crippen LogP contribution in [0.3, 0.4) is 0 Å². The first-order valence-corrected chi connectivity index (χ1v) is 15.9. The molecule has 3 aromatic heterocycles. The van der Waals surface area contributed by atoms with E-state index in [1.807, 2.05) is 30.6 Å². The highest BCUT2D eigenvalue weighted by atomic mass is 16.3. The number of allylic oxidation sites excluding steroid dienone is 1. The van der Waals surface area contributed by atoms with Crippen LogP contribution in [0.5, 0.6) is 5.75 Å². The molecule has 1 atom stereocenters. The van der Waals surface area contributed by atoms with Crippen LogP contribution in [-0.4, -0.2) is 91.9 Å². The standard InChI is InChI=1S/C34H43N9O/c1-6-43(24(5)31-23(4)37-32-28(31)15-29(38-39-32)27-9-7-8-10-30(27)44)33-35-18-26(19-36-33)41-13-11-40(12-14-41)25-16-34(17-25)20-42(21-34)22(2)3/h7-10,15,18-19,24-25,44H,2,6,11-14,16-17,20-21H2,1,3-5H3,(H,37,39). The van der Waals surface area contributed by atoms with Gasteiger partial charge in [-0.25, -0.2) is 9.97 Å². The van der Waals surface area contributed by atoms with E-state index in [0.29, 0.717) is 22.6 Å². The molecule has 2 aliphatic heterocycles. The summed E-state index contributed by atoms with van der Waals surface area (Å²) in [6, 6.07) is 9.96. The molecule has 2 N–H and O–H groups in total. The zero-order valence-corrected chi connectivity index (χ0v) is 26.3. The van der Waals surface area contributed by atoms with Gasteiger partial charge in [-0.3, -0.25) is 4.90 Å². The van der Waals surface area contributed by atoms with E-state index in [2.05, 4.69) is 69.1 Å². The largest absolute Gasteiger partial charge is 0.507 e. The minimum atomic E-state index is -0.00604. The molecule has 1 spiro atoms. The van der Waals surface area contributed by atoms with Gasteiger partial charge < -0.3 is 24.8 Å². The number of anilines is 2. The second-order valence-corrected chi connectivity index (χ2v) is 13.1. The van der Waals surface area contributed by atoms with Crippen LogP contribution in [0.1, 0.15) is 50.9 Å². The zero-order chi connectivity index (χ0) is 30.6. The summed E-state index contributed by atoms with van der Waals surface area (Å²) in [6.45, 7) is 19.9. The van der Waals surface area contributed by atoms with Crippen LogP contribution in [0, 0.1) is 12.3 Å². The molecule has 1 aliphatic carbocycles. The lowest BCUT2D eigenvalue weighted by Crippen LogP contribution is -2.67. The number of benzene rings is 1. The topological polar surface area (TPSA) is 101 Å². The maximum Gasteiger partial charge on any atom is 0.225 e. The highest BCUT2D eigenvalue weighted by Crippen LogP contribution is 2.51. The van der Waals surface area contributed by atoms with E-state index >= 15 is 0 Å². The number of nitrogens with one attached hydrogen (secondary N) is 1. The van der Waals surface area contributed by atoms with Gasteiger partial charge in [0, 0.05) is 85.2 Å². The maximum absolute atomic E-state index is 10.4. The van der Waals surface area contributed by atoms with Crippen LogP contribution in [-0.2, 0) is 0 Å². The Labute approximate surface area is 259 Å². The Morgan fingerprint density at radius 2 is 1.82 bits per heavy atom. The molecule has 2 saturated heterocycles. The third-order valence-corrected chi connectivity index (χ3v) is 10.2. The van der Waals surface area contributed by atoms with Crippen LogP contribution in [0.25, 0.3) is 22.3 Å². The second kappa shape index (κ2) is 11.1. The maximum atomic E-state index is 10.4. The summed E-state index contributed by atoms with van der Waals surface area (Å²) >= 11 is 0. The third-order valence-electron chi connectivity index (χ3n) is 10.2. The predicted molar refractivity (Wildman–Crippen MR) is 175 cm³/mol. The highest BCUT2D eigenvalue weighted by Gasteiger charge is 2.53. The lowest BCUT2D eigenvalue weighted by Gasteiger charge is -2.62. The minimum Gasteiger partial charge on any atom is -0.507 e. The van der Waals surface area contributed by atoms with Crippen molar-refractivity contribution in [3.05, 3.63) is 66.3 Å². The number of hydrogen-bond acceptors (Lipinski definition) is 9. The number of fused-ring (bicyclic) bond motifs is 1. The molecule has 0 bridgehead atoms. The molecular weight excluding hydrogens is 550 g/mol. The summed E-state index contributed by atoms with van der Waals surface area (Å²) in [6.07, 6.45) is 6.63. The summed E-state index contributed by atoms with van der Waals surface area (Å²) in [5.74, 6) is 0.900. The van der Waals surface area contributed by atoms with Crippen molar-refractivity contribution in [1.82, 2.24) is 34.9 Å². The van der Waals surface area contributed by atoms with Crippen molar-refractivity contribution < 1.29 is 5.11 Å². The smallest absolute Gasteiger partial charge is 0.225 e. The summed E-state index contributed by atoms with van der Waals surface area (Å²) in [4.78, 5) is 22.9. The summed E-state index contributed by atoms with van der Waals surface area (Å²) < 4.78 is 0. The van der Waals surface area contributed by atoms with E-state index in [0.717, 1.165) is 66.7 Å².